The topological polar surface area (TPSA) is 69.7 Å². The van der Waals surface area contributed by atoms with Gasteiger partial charge in [-0.2, -0.15) is 5.10 Å². The minimum atomic E-state index is -0.305. The lowest BCUT2D eigenvalue weighted by Crippen LogP contribution is -2.24. The van der Waals surface area contributed by atoms with E-state index in [-0.39, 0.29) is 11.9 Å². The van der Waals surface area contributed by atoms with Crippen LogP contribution >= 0.6 is 0 Å². The largest absolute Gasteiger partial charge is 0.323 e. The first-order valence-corrected chi connectivity index (χ1v) is 8.78. The number of aryl methyl sites for hydroxylation is 1. The van der Waals surface area contributed by atoms with Gasteiger partial charge in [0, 0.05) is 18.3 Å². The van der Waals surface area contributed by atoms with Crippen molar-refractivity contribution in [2.24, 2.45) is 0 Å². The van der Waals surface area contributed by atoms with Crippen LogP contribution in [0.2, 0.25) is 0 Å². The standard InChI is InChI=1S/C19H21FN6/c1-13-10-19(25-24-13)23-18-6-2-4-16(22-18)17-5-3-9-26(17)12-15-8-7-14(20)11-21-15/h2,4,6-8,10-11,17H,3,5,9,12H2,1H3,(H2,22,23,24,25). The molecule has 2 N–H and O–H groups in total. The molecule has 0 amide bonds. The molecule has 1 fully saturated rings. The number of nitrogens with one attached hydrogen (secondary N) is 2. The number of H-pyrrole nitrogens is 1. The summed E-state index contributed by atoms with van der Waals surface area (Å²) in [5, 5.41) is 10.3. The number of rotatable bonds is 5. The van der Waals surface area contributed by atoms with Crippen molar-refractivity contribution in [1.82, 2.24) is 25.1 Å². The summed E-state index contributed by atoms with van der Waals surface area (Å²) in [5.74, 6) is 1.23. The van der Waals surface area contributed by atoms with Gasteiger partial charge in [-0.05, 0) is 50.6 Å². The van der Waals surface area contributed by atoms with Crippen LogP contribution in [0.3, 0.4) is 0 Å². The lowest BCUT2D eigenvalue weighted by atomic mass is 10.1. The van der Waals surface area contributed by atoms with Gasteiger partial charge in [0.25, 0.3) is 0 Å². The molecule has 1 atom stereocenters. The third kappa shape index (κ3) is 3.72. The second kappa shape index (κ2) is 7.21. The average Bonchev–Trinajstić information content (AvgIpc) is 3.26. The Hall–Kier alpha value is -2.80. The van der Waals surface area contributed by atoms with Crippen molar-refractivity contribution in [3.63, 3.8) is 0 Å². The van der Waals surface area contributed by atoms with Gasteiger partial charge in [-0.25, -0.2) is 9.37 Å². The number of pyridine rings is 2. The Kier molecular flexibility index (Phi) is 4.62. The summed E-state index contributed by atoms with van der Waals surface area (Å²) < 4.78 is 13.1. The van der Waals surface area contributed by atoms with Crippen LogP contribution in [0.5, 0.6) is 0 Å². The Balaban J connectivity index is 1.50. The van der Waals surface area contributed by atoms with Crippen LogP contribution in [0.4, 0.5) is 16.0 Å². The summed E-state index contributed by atoms with van der Waals surface area (Å²) >= 11 is 0. The molecule has 26 heavy (non-hydrogen) atoms. The Bertz CT molecular complexity index is 876. The number of aromatic nitrogens is 4. The zero-order valence-electron chi connectivity index (χ0n) is 14.6. The Morgan fingerprint density at radius 3 is 2.96 bits per heavy atom. The third-order valence-corrected chi connectivity index (χ3v) is 4.59. The molecule has 3 aromatic rings. The highest BCUT2D eigenvalue weighted by atomic mass is 19.1. The highest BCUT2D eigenvalue weighted by Crippen LogP contribution is 2.32. The van der Waals surface area contributed by atoms with Crippen molar-refractivity contribution < 1.29 is 4.39 Å². The van der Waals surface area contributed by atoms with Crippen LogP contribution < -0.4 is 5.32 Å². The number of nitrogens with zero attached hydrogens (tertiary/aromatic N) is 4. The molecule has 3 aromatic heterocycles. The first-order valence-electron chi connectivity index (χ1n) is 8.78. The number of aromatic amines is 1. The van der Waals surface area contributed by atoms with Crippen molar-refractivity contribution in [3.05, 3.63) is 65.5 Å². The predicted octanol–water partition coefficient (Wildman–Crippen LogP) is 3.73. The molecule has 0 spiro atoms. The molecule has 7 heteroatoms. The number of hydrogen-bond donors (Lipinski definition) is 2. The summed E-state index contributed by atoms with van der Waals surface area (Å²) in [5.41, 5.74) is 2.90. The van der Waals surface area contributed by atoms with E-state index >= 15 is 0 Å². The molecule has 0 aliphatic carbocycles. The Morgan fingerprint density at radius 1 is 1.27 bits per heavy atom. The number of anilines is 2. The van der Waals surface area contributed by atoms with Gasteiger partial charge in [0.05, 0.1) is 23.6 Å². The van der Waals surface area contributed by atoms with Gasteiger partial charge in [-0.15, -0.1) is 0 Å². The van der Waals surface area contributed by atoms with E-state index in [9.17, 15) is 4.39 Å². The van der Waals surface area contributed by atoms with Crippen LogP contribution in [0, 0.1) is 12.7 Å². The van der Waals surface area contributed by atoms with Crippen molar-refractivity contribution in [2.45, 2.75) is 32.4 Å². The van der Waals surface area contributed by atoms with E-state index < -0.39 is 0 Å². The van der Waals surface area contributed by atoms with Gasteiger partial charge in [0.2, 0.25) is 0 Å². The molecular weight excluding hydrogens is 331 g/mol. The highest BCUT2D eigenvalue weighted by Gasteiger charge is 2.27. The third-order valence-electron chi connectivity index (χ3n) is 4.59. The summed E-state index contributed by atoms with van der Waals surface area (Å²) in [6, 6.07) is 11.4. The zero-order chi connectivity index (χ0) is 17.9. The lowest BCUT2D eigenvalue weighted by Gasteiger charge is -2.24. The van der Waals surface area contributed by atoms with Crippen LogP contribution in [-0.2, 0) is 6.54 Å². The van der Waals surface area contributed by atoms with Crippen LogP contribution in [0.25, 0.3) is 0 Å². The normalized spacial score (nSPS) is 17.5. The quantitative estimate of drug-likeness (QED) is 0.732. The van der Waals surface area contributed by atoms with Crippen molar-refractivity contribution in [2.75, 3.05) is 11.9 Å². The fraction of sp³-hybridized carbons (Fsp3) is 0.316. The molecule has 4 heterocycles. The zero-order valence-corrected chi connectivity index (χ0v) is 14.6. The molecule has 134 valence electrons. The van der Waals surface area contributed by atoms with Gasteiger partial charge < -0.3 is 5.32 Å². The second-order valence-corrected chi connectivity index (χ2v) is 6.61. The lowest BCUT2D eigenvalue weighted by molar-refractivity contribution is 0.241. The highest BCUT2D eigenvalue weighted by molar-refractivity contribution is 5.51. The van der Waals surface area contributed by atoms with Gasteiger partial charge in [0.1, 0.15) is 11.6 Å². The van der Waals surface area contributed by atoms with E-state index in [0.29, 0.717) is 6.54 Å². The average molecular weight is 352 g/mol. The van der Waals surface area contributed by atoms with Gasteiger partial charge in [0.15, 0.2) is 5.82 Å². The summed E-state index contributed by atoms with van der Waals surface area (Å²) in [7, 11) is 0. The fourth-order valence-electron chi connectivity index (χ4n) is 3.38. The minimum absolute atomic E-state index is 0.240. The fourth-order valence-corrected chi connectivity index (χ4v) is 3.38. The van der Waals surface area contributed by atoms with E-state index in [1.807, 2.05) is 25.1 Å². The first-order chi connectivity index (χ1) is 12.7. The number of likely N-dealkylation sites (tertiary alicyclic amines) is 1. The smallest absolute Gasteiger partial charge is 0.153 e. The van der Waals surface area contributed by atoms with E-state index in [4.69, 9.17) is 4.98 Å². The van der Waals surface area contributed by atoms with Gasteiger partial charge in [-0.3, -0.25) is 15.0 Å². The van der Waals surface area contributed by atoms with E-state index in [2.05, 4.69) is 31.5 Å². The Morgan fingerprint density at radius 2 is 2.19 bits per heavy atom. The van der Waals surface area contributed by atoms with Crippen LogP contribution in [-0.4, -0.2) is 31.6 Å². The molecule has 0 bridgehead atoms. The Labute approximate surface area is 151 Å². The maximum absolute atomic E-state index is 13.1. The molecule has 1 saturated heterocycles. The summed E-state index contributed by atoms with van der Waals surface area (Å²) in [6.45, 7) is 3.65. The molecule has 0 radical (unpaired) electrons. The van der Waals surface area contributed by atoms with E-state index in [0.717, 1.165) is 48.1 Å². The molecule has 6 nitrogen and oxygen atoms in total. The van der Waals surface area contributed by atoms with Gasteiger partial charge in [-0.1, -0.05) is 6.07 Å². The van der Waals surface area contributed by atoms with Gasteiger partial charge >= 0.3 is 0 Å². The molecule has 1 aliphatic rings. The molecular formula is C19H21FN6. The molecule has 0 saturated carbocycles. The molecule has 0 aromatic carbocycles. The van der Waals surface area contributed by atoms with Crippen molar-refractivity contribution in [3.8, 4) is 0 Å². The number of hydrogen-bond acceptors (Lipinski definition) is 5. The van der Waals surface area contributed by atoms with Crippen LogP contribution in [0.15, 0.2) is 42.6 Å². The first kappa shape index (κ1) is 16.7. The predicted molar refractivity (Wildman–Crippen MR) is 97.4 cm³/mol. The maximum atomic E-state index is 13.1. The monoisotopic (exact) mass is 352 g/mol. The molecule has 1 unspecified atom stereocenters. The summed E-state index contributed by atoms with van der Waals surface area (Å²) in [6.07, 6.45) is 3.44. The summed E-state index contributed by atoms with van der Waals surface area (Å²) in [4.78, 5) is 11.3. The number of halogens is 1. The SMILES string of the molecule is Cc1cc(Nc2cccc(C3CCCN3Cc3ccc(F)cn3)n2)n[nH]1. The van der Waals surface area contributed by atoms with Crippen molar-refractivity contribution in [1.29, 1.82) is 0 Å². The maximum Gasteiger partial charge on any atom is 0.153 e. The molecule has 1 aliphatic heterocycles. The van der Waals surface area contributed by atoms with Crippen LogP contribution in [0.1, 0.15) is 36.0 Å². The van der Waals surface area contributed by atoms with E-state index in [1.165, 1.54) is 12.3 Å². The molecule has 4 rings (SSSR count). The minimum Gasteiger partial charge on any atom is -0.323 e. The second-order valence-electron chi connectivity index (χ2n) is 6.61. The van der Waals surface area contributed by atoms with E-state index in [1.54, 1.807) is 6.07 Å². The van der Waals surface area contributed by atoms with Crippen molar-refractivity contribution >= 4 is 11.6 Å².